The molecule has 5 nitrogen and oxygen atoms in total. The molecule has 0 spiro atoms. The van der Waals surface area contributed by atoms with Crippen molar-refractivity contribution in [2.45, 2.75) is 26.8 Å². The van der Waals surface area contributed by atoms with Crippen molar-refractivity contribution >= 4 is 29.9 Å². The molecule has 0 aliphatic heterocycles. The van der Waals surface area contributed by atoms with E-state index in [0.717, 1.165) is 17.9 Å². The Bertz CT molecular complexity index is 657. The van der Waals surface area contributed by atoms with Crippen LogP contribution < -0.4 is 10.6 Å². The second kappa shape index (κ2) is 8.91. The van der Waals surface area contributed by atoms with Crippen LogP contribution in [0, 0.1) is 6.92 Å². The first-order valence-electron chi connectivity index (χ1n) is 7.35. The molecule has 1 heterocycles. The van der Waals surface area contributed by atoms with Crippen LogP contribution in [0.25, 0.3) is 5.69 Å². The number of nitrogens with zero attached hydrogens (tertiary/aromatic N) is 2. The van der Waals surface area contributed by atoms with E-state index in [-0.39, 0.29) is 24.4 Å². The lowest BCUT2D eigenvalue weighted by Gasteiger charge is -2.13. The zero-order valence-corrected chi connectivity index (χ0v) is 15.0. The highest BCUT2D eigenvalue weighted by molar-refractivity contribution is 6.30. The van der Waals surface area contributed by atoms with E-state index in [9.17, 15) is 4.79 Å². The molecule has 2 rings (SSSR count). The Balaban J connectivity index is 0.00000264. The SMILES string of the molecule is CCN[C@H](C)CNC(=O)c1cnn(-c2cccc(Cl)c2)c1C.Cl. The van der Waals surface area contributed by atoms with Crippen LogP contribution in [0.4, 0.5) is 0 Å². The largest absolute Gasteiger partial charge is 0.350 e. The Kier molecular flexibility index (Phi) is 7.55. The van der Waals surface area contributed by atoms with Crippen LogP contribution in [0.15, 0.2) is 30.5 Å². The van der Waals surface area contributed by atoms with E-state index in [1.54, 1.807) is 16.9 Å². The monoisotopic (exact) mass is 356 g/mol. The molecule has 0 unspecified atom stereocenters. The number of nitrogens with one attached hydrogen (secondary N) is 2. The zero-order valence-electron chi connectivity index (χ0n) is 13.5. The molecule has 1 aromatic carbocycles. The van der Waals surface area contributed by atoms with Crippen molar-refractivity contribution in [3.05, 3.63) is 46.7 Å². The second-order valence-electron chi connectivity index (χ2n) is 5.20. The van der Waals surface area contributed by atoms with E-state index in [2.05, 4.69) is 15.7 Å². The molecule has 0 radical (unpaired) electrons. The molecule has 126 valence electrons. The highest BCUT2D eigenvalue weighted by Gasteiger charge is 2.15. The van der Waals surface area contributed by atoms with Crippen LogP contribution >= 0.6 is 24.0 Å². The van der Waals surface area contributed by atoms with Crippen LogP contribution in [-0.4, -0.2) is 34.8 Å². The first kappa shape index (κ1) is 19.5. The highest BCUT2D eigenvalue weighted by Crippen LogP contribution is 2.17. The fourth-order valence-corrected chi connectivity index (χ4v) is 2.45. The third-order valence-corrected chi connectivity index (χ3v) is 3.66. The predicted molar refractivity (Wildman–Crippen MR) is 96.0 cm³/mol. The maximum absolute atomic E-state index is 12.3. The number of benzene rings is 1. The molecule has 0 fully saturated rings. The summed E-state index contributed by atoms with van der Waals surface area (Å²) in [5, 5.41) is 11.1. The Morgan fingerprint density at radius 2 is 2.17 bits per heavy atom. The number of carbonyl (C=O) groups excluding carboxylic acids is 1. The summed E-state index contributed by atoms with van der Waals surface area (Å²) in [6.07, 6.45) is 1.59. The van der Waals surface area contributed by atoms with E-state index in [4.69, 9.17) is 11.6 Å². The smallest absolute Gasteiger partial charge is 0.254 e. The minimum Gasteiger partial charge on any atom is -0.350 e. The number of hydrogen-bond donors (Lipinski definition) is 2. The normalized spacial score (nSPS) is 11.7. The lowest BCUT2D eigenvalue weighted by molar-refractivity contribution is 0.0949. The quantitative estimate of drug-likeness (QED) is 0.836. The summed E-state index contributed by atoms with van der Waals surface area (Å²) >= 11 is 6.00. The molecule has 0 saturated carbocycles. The molecule has 23 heavy (non-hydrogen) atoms. The van der Waals surface area contributed by atoms with Crippen LogP contribution in [-0.2, 0) is 0 Å². The molecule has 1 amide bonds. The summed E-state index contributed by atoms with van der Waals surface area (Å²) in [5.41, 5.74) is 2.20. The summed E-state index contributed by atoms with van der Waals surface area (Å²) < 4.78 is 1.72. The maximum atomic E-state index is 12.3. The summed E-state index contributed by atoms with van der Waals surface area (Å²) in [6.45, 7) is 7.40. The minimum atomic E-state index is -0.115. The van der Waals surface area contributed by atoms with Gasteiger partial charge in [0.25, 0.3) is 5.91 Å². The van der Waals surface area contributed by atoms with Crippen molar-refractivity contribution < 1.29 is 4.79 Å². The predicted octanol–water partition coefficient (Wildman–Crippen LogP) is 2.98. The van der Waals surface area contributed by atoms with Crippen molar-refractivity contribution in [1.29, 1.82) is 0 Å². The lowest BCUT2D eigenvalue weighted by Crippen LogP contribution is -2.38. The molecule has 0 aliphatic carbocycles. The van der Waals surface area contributed by atoms with Crippen molar-refractivity contribution in [2.75, 3.05) is 13.1 Å². The fraction of sp³-hybridized carbons (Fsp3) is 0.375. The molecule has 2 aromatic rings. The van der Waals surface area contributed by atoms with Crippen molar-refractivity contribution in [3.63, 3.8) is 0 Å². The number of likely N-dealkylation sites (N-methyl/N-ethyl adjacent to an activating group) is 1. The fourth-order valence-electron chi connectivity index (χ4n) is 2.26. The highest BCUT2D eigenvalue weighted by atomic mass is 35.5. The van der Waals surface area contributed by atoms with Gasteiger partial charge < -0.3 is 10.6 Å². The molecule has 0 saturated heterocycles. The van der Waals surface area contributed by atoms with Crippen molar-refractivity contribution in [2.24, 2.45) is 0 Å². The molecule has 1 aromatic heterocycles. The Hall–Kier alpha value is -1.56. The summed E-state index contributed by atoms with van der Waals surface area (Å²) in [6, 6.07) is 7.62. The van der Waals surface area contributed by atoms with Crippen LogP contribution in [0.2, 0.25) is 5.02 Å². The summed E-state index contributed by atoms with van der Waals surface area (Å²) in [5.74, 6) is -0.115. The average Bonchev–Trinajstić information content (AvgIpc) is 2.87. The summed E-state index contributed by atoms with van der Waals surface area (Å²) in [7, 11) is 0. The standard InChI is InChI=1S/C16H21ClN4O.ClH/c1-4-18-11(2)9-19-16(22)15-10-20-21(12(15)3)14-7-5-6-13(17)8-14;/h5-8,10-11,18H,4,9H2,1-3H3,(H,19,22);1H/t11-;/m1./s1. The van der Waals surface area contributed by atoms with Gasteiger partial charge in [0.05, 0.1) is 23.1 Å². The third kappa shape index (κ3) is 4.96. The van der Waals surface area contributed by atoms with Crippen molar-refractivity contribution in [1.82, 2.24) is 20.4 Å². The molecule has 0 aliphatic rings. The van der Waals surface area contributed by atoms with Gasteiger partial charge in [0.15, 0.2) is 0 Å². The third-order valence-electron chi connectivity index (χ3n) is 3.43. The van der Waals surface area contributed by atoms with E-state index < -0.39 is 0 Å². The van der Waals surface area contributed by atoms with Gasteiger partial charge in [-0.15, -0.1) is 12.4 Å². The number of halogens is 2. The first-order valence-corrected chi connectivity index (χ1v) is 7.73. The molecular weight excluding hydrogens is 335 g/mol. The second-order valence-corrected chi connectivity index (χ2v) is 5.64. The van der Waals surface area contributed by atoms with E-state index >= 15 is 0 Å². The molecule has 2 N–H and O–H groups in total. The average molecular weight is 357 g/mol. The van der Waals surface area contributed by atoms with Crippen LogP contribution in [0.5, 0.6) is 0 Å². The lowest BCUT2D eigenvalue weighted by atomic mass is 10.2. The van der Waals surface area contributed by atoms with Gasteiger partial charge in [-0.1, -0.05) is 24.6 Å². The zero-order chi connectivity index (χ0) is 16.1. The van der Waals surface area contributed by atoms with Crippen LogP contribution in [0.3, 0.4) is 0 Å². The molecule has 7 heteroatoms. The number of rotatable bonds is 6. The maximum Gasteiger partial charge on any atom is 0.254 e. The molecule has 1 atom stereocenters. The molecule has 0 bridgehead atoms. The van der Waals surface area contributed by atoms with Gasteiger partial charge in [-0.05, 0) is 38.6 Å². The van der Waals surface area contributed by atoms with E-state index in [1.165, 1.54) is 0 Å². The van der Waals surface area contributed by atoms with Gasteiger partial charge in [0.2, 0.25) is 0 Å². The van der Waals surface area contributed by atoms with Gasteiger partial charge in [0, 0.05) is 17.6 Å². The number of hydrogen-bond acceptors (Lipinski definition) is 3. The summed E-state index contributed by atoms with van der Waals surface area (Å²) in [4.78, 5) is 12.3. The van der Waals surface area contributed by atoms with Gasteiger partial charge in [-0.2, -0.15) is 5.10 Å². The Morgan fingerprint density at radius 1 is 1.43 bits per heavy atom. The number of carbonyl (C=O) groups is 1. The van der Waals surface area contributed by atoms with Crippen LogP contribution in [0.1, 0.15) is 29.9 Å². The van der Waals surface area contributed by atoms with Gasteiger partial charge in [0.1, 0.15) is 0 Å². The Labute approximate surface area is 147 Å². The Morgan fingerprint density at radius 3 is 2.83 bits per heavy atom. The minimum absolute atomic E-state index is 0. The van der Waals surface area contributed by atoms with E-state index in [0.29, 0.717) is 17.1 Å². The topological polar surface area (TPSA) is 58.9 Å². The van der Waals surface area contributed by atoms with Gasteiger partial charge >= 0.3 is 0 Å². The van der Waals surface area contributed by atoms with Gasteiger partial charge in [-0.25, -0.2) is 4.68 Å². The number of amides is 1. The van der Waals surface area contributed by atoms with E-state index in [1.807, 2.05) is 39.0 Å². The molecular formula is C16H22Cl2N4O. The number of aromatic nitrogens is 2. The van der Waals surface area contributed by atoms with Crippen molar-refractivity contribution in [3.8, 4) is 5.69 Å². The first-order chi connectivity index (χ1) is 10.5. The van der Waals surface area contributed by atoms with Gasteiger partial charge in [-0.3, -0.25) is 4.79 Å².